The standard InChI is InChI=1S/C16H18N4O3S/c1-12(18-19-16(21)14-6-9-24(22,23)10-14)13-2-4-15(5-3-13)20-8-7-17-11-20/h2-5,7-8,11,14H,6,9-10H2,1H3,(H,19,21)/b18-12-/t14-/m0/s1. The molecule has 2 aromatic rings. The minimum atomic E-state index is -3.07. The Morgan fingerprint density at radius 1 is 1.33 bits per heavy atom. The Hall–Kier alpha value is -2.48. The van der Waals surface area contributed by atoms with Crippen LogP contribution >= 0.6 is 0 Å². The van der Waals surface area contributed by atoms with Gasteiger partial charge >= 0.3 is 0 Å². The second-order valence-electron chi connectivity index (χ2n) is 5.79. The van der Waals surface area contributed by atoms with E-state index in [9.17, 15) is 13.2 Å². The van der Waals surface area contributed by atoms with E-state index in [-0.39, 0.29) is 17.4 Å². The Kier molecular flexibility index (Phi) is 4.48. The van der Waals surface area contributed by atoms with E-state index >= 15 is 0 Å². The molecular formula is C16H18N4O3S. The third-order valence-corrected chi connectivity index (χ3v) is 5.79. The van der Waals surface area contributed by atoms with Crippen molar-refractivity contribution in [3.05, 3.63) is 48.5 Å². The molecule has 1 aromatic carbocycles. The predicted molar refractivity (Wildman–Crippen MR) is 90.7 cm³/mol. The summed E-state index contributed by atoms with van der Waals surface area (Å²) in [4.78, 5) is 16.0. The van der Waals surface area contributed by atoms with Gasteiger partial charge in [0.1, 0.15) is 0 Å². The number of benzene rings is 1. The summed E-state index contributed by atoms with van der Waals surface area (Å²) in [6.45, 7) is 1.79. The van der Waals surface area contributed by atoms with Gasteiger partial charge in [-0.05, 0) is 31.0 Å². The zero-order valence-corrected chi connectivity index (χ0v) is 14.0. The van der Waals surface area contributed by atoms with E-state index in [1.807, 2.05) is 35.0 Å². The molecule has 0 aliphatic carbocycles. The van der Waals surface area contributed by atoms with Crippen molar-refractivity contribution in [3.8, 4) is 5.69 Å². The van der Waals surface area contributed by atoms with Crippen molar-refractivity contribution in [2.45, 2.75) is 13.3 Å². The number of hydrogen-bond acceptors (Lipinski definition) is 5. The van der Waals surface area contributed by atoms with Gasteiger partial charge in [-0.2, -0.15) is 5.10 Å². The van der Waals surface area contributed by atoms with Crippen LogP contribution in [0, 0.1) is 5.92 Å². The molecule has 0 spiro atoms. The summed E-state index contributed by atoms with van der Waals surface area (Å²) in [6.07, 6.45) is 5.64. The summed E-state index contributed by atoms with van der Waals surface area (Å²) < 4.78 is 24.7. The third-order valence-electron chi connectivity index (χ3n) is 4.02. The molecule has 8 heteroatoms. The lowest BCUT2D eigenvalue weighted by molar-refractivity contribution is -0.124. The zero-order chi connectivity index (χ0) is 17.2. The van der Waals surface area contributed by atoms with Crippen LogP contribution in [0.15, 0.2) is 48.1 Å². The number of carbonyl (C=O) groups is 1. The Labute approximate surface area is 140 Å². The van der Waals surface area contributed by atoms with Crippen LogP contribution in [0.5, 0.6) is 0 Å². The molecule has 0 bridgehead atoms. The SMILES string of the molecule is C/C(=N/NC(=O)[C@H]1CCS(=O)(=O)C1)c1ccc(-n2ccnc2)cc1. The number of imidazole rings is 1. The number of rotatable bonds is 4. The van der Waals surface area contributed by atoms with Gasteiger partial charge in [0, 0.05) is 18.1 Å². The summed E-state index contributed by atoms with van der Waals surface area (Å²) in [6, 6.07) is 7.67. The summed E-state index contributed by atoms with van der Waals surface area (Å²) in [5.74, 6) is -0.864. The zero-order valence-electron chi connectivity index (χ0n) is 13.2. The highest BCUT2D eigenvalue weighted by Gasteiger charge is 2.32. The monoisotopic (exact) mass is 346 g/mol. The molecule has 0 unspecified atom stereocenters. The topological polar surface area (TPSA) is 93.4 Å². The molecule has 126 valence electrons. The van der Waals surface area contributed by atoms with Crippen LogP contribution in [0.3, 0.4) is 0 Å². The fourth-order valence-corrected chi connectivity index (χ4v) is 4.32. The minimum absolute atomic E-state index is 0.0729. The number of hydrogen-bond donors (Lipinski definition) is 1. The quantitative estimate of drug-likeness (QED) is 0.664. The van der Waals surface area contributed by atoms with E-state index in [1.54, 1.807) is 19.4 Å². The summed E-state index contributed by atoms with van der Waals surface area (Å²) in [5.41, 5.74) is 4.98. The molecule has 1 aliphatic rings. The smallest absolute Gasteiger partial charge is 0.244 e. The minimum Gasteiger partial charge on any atom is -0.306 e. The molecule has 3 rings (SSSR count). The Balaban J connectivity index is 1.64. The number of amides is 1. The molecule has 1 amide bonds. The fourth-order valence-electron chi connectivity index (χ4n) is 2.58. The Morgan fingerprint density at radius 2 is 2.08 bits per heavy atom. The molecule has 1 fully saturated rings. The first-order valence-corrected chi connectivity index (χ1v) is 9.40. The second-order valence-corrected chi connectivity index (χ2v) is 8.02. The largest absolute Gasteiger partial charge is 0.306 e. The highest BCUT2D eigenvalue weighted by Crippen LogP contribution is 2.18. The number of nitrogens with zero attached hydrogens (tertiary/aromatic N) is 3. The molecule has 1 aromatic heterocycles. The maximum Gasteiger partial charge on any atom is 0.244 e. The van der Waals surface area contributed by atoms with Crippen molar-refractivity contribution in [1.82, 2.24) is 15.0 Å². The summed E-state index contributed by atoms with van der Waals surface area (Å²) in [5, 5.41) is 4.08. The van der Waals surface area contributed by atoms with Crippen LogP contribution < -0.4 is 5.43 Å². The van der Waals surface area contributed by atoms with Crippen molar-refractivity contribution in [2.75, 3.05) is 11.5 Å². The first kappa shape index (κ1) is 16.4. The molecule has 0 saturated carbocycles. The Bertz CT molecular complexity index is 855. The van der Waals surface area contributed by atoms with Crippen molar-refractivity contribution < 1.29 is 13.2 Å². The average molecular weight is 346 g/mol. The van der Waals surface area contributed by atoms with E-state index in [4.69, 9.17) is 0 Å². The van der Waals surface area contributed by atoms with Crippen LogP contribution in [0.2, 0.25) is 0 Å². The van der Waals surface area contributed by atoms with Gasteiger partial charge in [0.2, 0.25) is 5.91 Å². The first-order valence-electron chi connectivity index (χ1n) is 7.58. The first-order chi connectivity index (χ1) is 11.4. The van der Waals surface area contributed by atoms with Crippen molar-refractivity contribution >= 4 is 21.5 Å². The van der Waals surface area contributed by atoms with E-state index in [0.717, 1.165) is 11.3 Å². The van der Waals surface area contributed by atoms with Crippen molar-refractivity contribution in [3.63, 3.8) is 0 Å². The maximum absolute atomic E-state index is 12.0. The lowest BCUT2D eigenvalue weighted by Gasteiger charge is -2.07. The number of hydrazone groups is 1. The van der Waals surface area contributed by atoms with E-state index in [1.165, 1.54) is 0 Å². The molecule has 1 saturated heterocycles. The van der Waals surface area contributed by atoms with E-state index in [2.05, 4.69) is 15.5 Å². The number of carbonyl (C=O) groups excluding carboxylic acids is 1. The fraction of sp³-hybridized carbons (Fsp3) is 0.312. The van der Waals surface area contributed by atoms with Crippen molar-refractivity contribution in [1.29, 1.82) is 0 Å². The van der Waals surface area contributed by atoms with Crippen molar-refractivity contribution in [2.24, 2.45) is 11.0 Å². The Morgan fingerprint density at radius 3 is 2.67 bits per heavy atom. The highest BCUT2D eigenvalue weighted by atomic mass is 32.2. The van der Waals surface area contributed by atoms with Crippen LogP contribution in [0.25, 0.3) is 5.69 Å². The van der Waals surface area contributed by atoms with Gasteiger partial charge in [0.05, 0.1) is 29.5 Å². The molecular weight excluding hydrogens is 328 g/mol. The molecule has 7 nitrogen and oxygen atoms in total. The van der Waals surface area contributed by atoms with Gasteiger partial charge in [0.15, 0.2) is 9.84 Å². The molecule has 0 radical (unpaired) electrons. The molecule has 24 heavy (non-hydrogen) atoms. The van der Waals surface area contributed by atoms with Crippen LogP contribution in [-0.4, -0.2) is 41.1 Å². The van der Waals surface area contributed by atoms with Gasteiger partial charge in [-0.25, -0.2) is 18.8 Å². The lowest BCUT2D eigenvalue weighted by Crippen LogP contribution is -2.28. The van der Waals surface area contributed by atoms with E-state index < -0.39 is 15.8 Å². The predicted octanol–water partition coefficient (Wildman–Crippen LogP) is 1.15. The van der Waals surface area contributed by atoms with Gasteiger partial charge < -0.3 is 4.57 Å². The van der Waals surface area contributed by atoms with Crippen LogP contribution in [0.4, 0.5) is 0 Å². The highest BCUT2D eigenvalue weighted by molar-refractivity contribution is 7.91. The summed E-state index contributed by atoms with van der Waals surface area (Å²) >= 11 is 0. The molecule has 2 heterocycles. The number of nitrogens with one attached hydrogen (secondary N) is 1. The van der Waals surface area contributed by atoms with Crippen LogP contribution in [0.1, 0.15) is 18.9 Å². The van der Waals surface area contributed by atoms with Gasteiger partial charge in [-0.1, -0.05) is 12.1 Å². The molecule has 1 atom stereocenters. The normalized spacial score (nSPS) is 20.0. The molecule has 1 aliphatic heterocycles. The lowest BCUT2D eigenvalue weighted by atomic mass is 10.1. The third kappa shape index (κ3) is 3.70. The van der Waals surface area contributed by atoms with Gasteiger partial charge in [-0.3, -0.25) is 4.79 Å². The van der Waals surface area contributed by atoms with Gasteiger partial charge in [-0.15, -0.1) is 0 Å². The maximum atomic E-state index is 12.0. The summed E-state index contributed by atoms with van der Waals surface area (Å²) in [7, 11) is -3.07. The number of aromatic nitrogens is 2. The average Bonchev–Trinajstić information content (AvgIpc) is 3.22. The number of sulfone groups is 1. The second kappa shape index (κ2) is 6.56. The molecule has 1 N–H and O–H groups in total. The van der Waals surface area contributed by atoms with Gasteiger partial charge in [0.25, 0.3) is 0 Å². The van der Waals surface area contributed by atoms with Crippen LogP contribution in [-0.2, 0) is 14.6 Å². The van der Waals surface area contributed by atoms with E-state index in [0.29, 0.717) is 12.1 Å².